The van der Waals surface area contributed by atoms with Crippen LogP contribution in [0, 0.1) is 0 Å². The molecule has 0 saturated carbocycles. The van der Waals surface area contributed by atoms with Gasteiger partial charge >= 0.3 is 0 Å². The largest absolute Gasteiger partial charge is 0.109 e. The van der Waals surface area contributed by atoms with Crippen LogP contribution in [0.5, 0.6) is 0 Å². The van der Waals surface area contributed by atoms with Gasteiger partial charge in [-0.05, 0) is 0 Å². The normalized spacial score (nSPS) is 10.5. The molecule has 0 heterocycles. The zero-order valence-electron chi connectivity index (χ0n) is 60.1. The quantitative estimate of drug-likeness (QED) is 0.0332. The fourth-order valence-corrected chi connectivity index (χ4v) is 28.4. The molecule has 0 spiro atoms. The van der Waals surface area contributed by atoms with Crippen molar-refractivity contribution in [3.05, 3.63) is 0 Å². The standard InChI is InChI=1S/B102IPS/c1-53(2)79(54(3)4)92(80(55(5)6)56(7)8)98(91(77(49)50)78(51)52)101(97(89(73(41)42)74(43)44)90(75(45)46)76(47)48)104(103,105)102(99(93(81(57(9)10)58(11)12)82(59(13)14)60(15)16)94(83(61(17)18)62(19)20)84(63(21)22)64(23)24)100(95(85(65(25)26)66(27)28)86(67(29)30)68(31)32)96(87(69(33)34)70(35)36)88(71(37)38)72(39)40. The summed E-state index contributed by atoms with van der Waals surface area (Å²) >= 11 is 10.0. The van der Waals surface area contributed by atoms with E-state index in [2.05, 4.69) is 0 Å². The highest BCUT2D eigenvalue weighted by atomic mass is 127. The van der Waals surface area contributed by atoms with E-state index in [0.29, 0.717) is 0 Å². The third-order valence-corrected chi connectivity index (χ3v) is 30.3. The summed E-state index contributed by atoms with van der Waals surface area (Å²) in [5.74, 6) is 0. The zero-order valence-corrected chi connectivity index (χ0v) is 64.0. The minimum atomic E-state index is -5.30. The molecule has 0 aromatic heterocycles. The van der Waals surface area contributed by atoms with Crippen molar-refractivity contribution in [1.82, 2.24) is 0 Å². The van der Waals surface area contributed by atoms with Gasteiger partial charge in [-0.15, -0.1) is 11.8 Å². The number of hydrogen-bond acceptors (Lipinski definition) is 1. The van der Waals surface area contributed by atoms with Gasteiger partial charge in [0.15, 0.2) is 0 Å². The van der Waals surface area contributed by atoms with Crippen LogP contribution in [0.3, 0.4) is 0 Å². The van der Waals surface area contributed by atoms with Crippen molar-refractivity contribution in [3.8, 4) is 0 Å². The van der Waals surface area contributed by atoms with Gasteiger partial charge in [-0.25, -0.2) is 0 Å². The van der Waals surface area contributed by atoms with Crippen LogP contribution < -0.4 is 0 Å². The molecule has 324 valence electrons. The van der Waals surface area contributed by atoms with E-state index < -0.39 is 322 Å². The molecule has 1 unspecified atom stereocenters. The van der Waals surface area contributed by atoms with Gasteiger partial charge < -0.3 is 0 Å². The summed E-state index contributed by atoms with van der Waals surface area (Å²) in [6.07, 6.45) is -93.0. The van der Waals surface area contributed by atoms with Crippen LogP contribution in [0.4, 0.5) is 0 Å². The molecule has 1 atom stereocenters. The molecule has 0 aliphatic rings. The van der Waals surface area contributed by atoms with Crippen molar-refractivity contribution in [1.29, 1.82) is 0 Å². The molecule has 105 heteroatoms. The molecule has 0 amide bonds. The van der Waals surface area contributed by atoms with Crippen molar-refractivity contribution in [2.24, 2.45) is 0 Å². The smallest absolute Gasteiger partial charge is 0.0888 e. The number of rotatable bonds is 50. The average Bonchev–Trinajstić information content (AvgIpc) is 3.41. The van der Waals surface area contributed by atoms with Gasteiger partial charge in [0.1, 0.15) is 0 Å². The monoisotopic (exact) mass is 1310 g/mol. The van der Waals surface area contributed by atoms with Gasteiger partial charge in [0.25, 0.3) is 0 Å². The van der Waals surface area contributed by atoms with Gasteiger partial charge in [0.05, 0.1) is 12.4 Å². The Kier molecular flexibility index (Phi) is 55.2. The molecule has 0 bridgehead atoms. The first kappa shape index (κ1) is 113. The first-order valence-electron chi connectivity index (χ1n) is 34.2. The van der Waals surface area contributed by atoms with Gasteiger partial charge in [-0.2, -0.15) is 0 Å². The van der Waals surface area contributed by atoms with Crippen LogP contribution in [-0.2, 0) is 11.8 Å². The van der Waals surface area contributed by atoms with E-state index in [9.17, 15) is 0 Å². The Hall–Kier alpha value is 8.00. The summed E-state index contributed by atoms with van der Waals surface area (Å²) in [4.78, 5) is 0. The van der Waals surface area contributed by atoms with Crippen molar-refractivity contribution < 1.29 is 0 Å². The van der Waals surface area contributed by atoms with Crippen molar-refractivity contribution >= 4 is 759 Å². The van der Waals surface area contributed by atoms with Crippen LogP contribution >= 0.6 is 25.5 Å². The van der Waals surface area contributed by atoms with Gasteiger partial charge in [-0.3, -0.25) is 0 Å². The second-order valence-electron chi connectivity index (χ2n) is 29.3. The van der Waals surface area contributed by atoms with E-state index in [0.717, 1.165) is 0 Å². The minimum absolute atomic E-state index is 1.68. The molecule has 0 saturated heterocycles. The van der Waals surface area contributed by atoms with Gasteiger partial charge in [0.2, 0.25) is 0 Å². The minimum Gasteiger partial charge on any atom is -0.109 e. The van der Waals surface area contributed by atoms with Crippen molar-refractivity contribution in [3.63, 3.8) is 0 Å². The second kappa shape index (κ2) is 51.3. The summed E-state index contributed by atoms with van der Waals surface area (Å²) in [6, 6.07) is 0. The van der Waals surface area contributed by atoms with E-state index in [1.54, 1.807) is 0 Å². The Balaban J connectivity index is 14.6. The first-order chi connectivity index (χ1) is 47.6. The Morgan fingerprint density at radius 3 is 0.248 bits per heavy atom. The van der Waals surface area contributed by atoms with E-state index in [1.807, 2.05) is 22.0 Å². The van der Waals surface area contributed by atoms with E-state index in [1.165, 1.54) is 0 Å². The molecule has 0 aliphatic heterocycles. The molecule has 0 nitrogen and oxygen atoms in total. The average molecular weight is 1290 g/mol. The lowest BCUT2D eigenvalue weighted by molar-refractivity contribution is 3.18. The Bertz CT molecular complexity index is 1910. The van der Waals surface area contributed by atoms with Crippen molar-refractivity contribution in [2.45, 2.75) is 0 Å². The Morgan fingerprint density at radius 1 is 0.114 bits per heavy atom. The van der Waals surface area contributed by atoms with Crippen LogP contribution in [0.2, 0.25) is 0 Å². The molecule has 0 rings (SSSR count). The third kappa shape index (κ3) is 30.2. The van der Waals surface area contributed by atoms with Crippen LogP contribution in [-0.4, -0.2) is 721 Å². The molecule has 0 N–H and O–H groups in total. The molecule has 0 fully saturated rings. The molecular weight excluding hydrogens is 1290 g/mol. The summed E-state index contributed by atoms with van der Waals surface area (Å²) in [7, 11) is 370. The lowest BCUT2D eigenvalue weighted by atomic mass is 8.26. The third-order valence-electron chi connectivity index (χ3n) is 21.9. The van der Waals surface area contributed by atoms with E-state index >= 15 is 0 Å². The first-order valence-corrected chi connectivity index (χ1v) is 39.9. The lowest BCUT2D eigenvalue weighted by Gasteiger charge is -2.62. The molecule has 104 radical (unpaired) electrons. The predicted molar refractivity (Wildman–Crippen MR) is 615 cm³/mol. The maximum atomic E-state index is 8.10. The zero-order chi connectivity index (χ0) is 83.4. The fraction of sp³-hybridized carbons (Fsp3) is 0. The fourth-order valence-electron chi connectivity index (χ4n) is 18.4. The summed E-state index contributed by atoms with van der Waals surface area (Å²) < 4.78 is -5.30. The Morgan fingerprint density at radius 2 is 0.171 bits per heavy atom. The number of halogens is 1. The summed E-state index contributed by atoms with van der Waals surface area (Å²) in [5.41, 5.74) is 0. The highest BCUT2D eigenvalue weighted by Crippen LogP contribution is 2.64. The molecular formula is B102IPS. The van der Waals surface area contributed by atoms with E-state index in [4.69, 9.17) is 414 Å². The number of hydrogen-bond donors (Lipinski definition) is 0. The Labute approximate surface area is 749 Å². The SMILES string of the molecule is [B]B([B])B(B([B])[B])B(B(B([B])[B])B([B])[B])B(B(B([B])[B])B([B])[B])B(B(B(B([B])[B])B([B])[B])B(B([B])[B])B([B])[B])P(=S)(I)B(B(B(B(B([B])[B])B([B])[B])B(B([B])[B])B([B])[B])B(B(B([B])[B])B([B])[B])B(B([B])[B])B([B])[B])B(B(B(B([B])[B])B([B])[B])B(B([B])[B])B([B])[B])B(B(B([B])[B])B([B])[B])B(B([B])[B])B([B])[B]. The van der Waals surface area contributed by atoms with Gasteiger partial charge in [-0.1, -0.05) is 25.5 Å². The van der Waals surface area contributed by atoms with Gasteiger partial charge in [0, 0.05) is 709 Å². The highest BCUT2D eigenvalue weighted by Gasteiger charge is 2.70. The van der Waals surface area contributed by atoms with Crippen LogP contribution in [0.15, 0.2) is 0 Å². The van der Waals surface area contributed by atoms with Crippen LogP contribution in [0.1, 0.15) is 0 Å². The lowest BCUT2D eigenvalue weighted by Crippen LogP contribution is -2.96. The van der Waals surface area contributed by atoms with Crippen LogP contribution in [0.25, 0.3) is 0 Å². The summed E-state index contributed by atoms with van der Waals surface area (Å²) in [5, 5.41) is 0. The maximum absolute atomic E-state index is 8.10. The highest BCUT2D eigenvalue weighted by molar-refractivity contribution is 14.2. The second-order valence-corrected chi connectivity index (χ2v) is 40.3. The molecule has 105 heavy (non-hydrogen) atoms. The topological polar surface area (TPSA) is 0 Å². The molecule has 0 aliphatic carbocycles. The molecule has 0 aromatic rings. The maximum Gasteiger partial charge on any atom is 0.0888 e. The summed E-state index contributed by atoms with van der Waals surface area (Å²) in [6.45, 7) is 0. The molecule has 0 aromatic carbocycles. The predicted octanol–water partition coefficient (Wildman–Crippen LogP) is -37.1. The van der Waals surface area contributed by atoms with Crippen molar-refractivity contribution in [2.75, 3.05) is 0 Å². The van der Waals surface area contributed by atoms with E-state index in [-0.39, 0.29) is 0 Å².